The minimum absolute atomic E-state index is 0.00435. The number of anilines is 2. The number of aromatic nitrogens is 1. The molecule has 0 bridgehead atoms. The van der Waals surface area contributed by atoms with Gasteiger partial charge in [-0.1, -0.05) is 109 Å². The van der Waals surface area contributed by atoms with E-state index in [0.29, 0.717) is 0 Å². The Balaban J connectivity index is 1.35. The number of nitrogens with zero attached hydrogens (tertiary/aromatic N) is 2. The van der Waals surface area contributed by atoms with Gasteiger partial charge >= 0.3 is 6.85 Å². The van der Waals surface area contributed by atoms with Gasteiger partial charge in [0.1, 0.15) is 11.2 Å². The maximum absolute atomic E-state index is 6.44. The minimum atomic E-state index is -0.00435. The van der Waals surface area contributed by atoms with Gasteiger partial charge in [0.2, 0.25) is 0 Å². The summed E-state index contributed by atoms with van der Waals surface area (Å²) in [6.07, 6.45) is 0. The Labute approximate surface area is 265 Å². The van der Waals surface area contributed by atoms with E-state index in [9.17, 15) is 0 Å². The lowest BCUT2D eigenvalue weighted by Crippen LogP contribution is -2.60. The summed E-state index contributed by atoms with van der Waals surface area (Å²) in [6, 6.07) is 55.3. The van der Waals surface area contributed by atoms with Gasteiger partial charge in [-0.15, -0.1) is 0 Å². The Bertz CT molecular complexity index is 2720. The van der Waals surface area contributed by atoms with E-state index in [-0.39, 0.29) is 6.85 Å². The van der Waals surface area contributed by atoms with Crippen LogP contribution in [0.5, 0.6) is 0 Å². The van der Waals surface area contributed by atoms with Crippen LogP contribution in [0.25, 0.3) is 71.7 Å². The number of fused-ring (bicyclic) bond motifs is 18. The van der Waals surface area contributed by atoms with Gasteiger partial charge in [-0.05, 0) is 64.5 Å². The smallest absolute Gasteiger partial charge is 0.331 e. The first-order chi connectivity index (χ1) is 22.8. The second-order valence-corrected chi connectivity index (χ2v) is 12.5. The van der Waals surface area contributed by atoms with Crippen molar-refractivity contribution in [3.05, 3.63) is 152 Å². The topological polar surface area (TPSA) is 21.3 Å². The van der Waals surface area contributed by atoms with E-state index >= 15 is 0 Å². The van der Waals surface area contributed by atoms with Crippen molar-refractivity contribution in [1.29, 1.82) is 0 Å². The van der Waals surface area contributed by atoms with Gasteiger partial charge in [0.15, 0.2) is 0 Å². The highest BCUT2D eigenvalue weighted by Gasteiger charge is 2.43. The van der Waals surface area contributed by atoms with Crippen LogP contribution in [0.1, 0.15) is 0 Å². The Kier molecular flexibility index (Phi) is 4.66. The Morgan fingerprint density at radius 2 is 1.13 bits per heavy atom. The molecule has 46 heavy (non-hydrogen) atoms. The molecule has 4 heteroatoms. The summed E-state index contributed by atoms with van der Waals surface area (Å²) in [5.41, 5.74) is 15.7. The fraction of sp³-hybridized carbons (Fsp3) is 0. The SMILES string of the molecule is c1ccc(-n2c3cc4c(cc3c3ccc5c(c32)B2c3ccccc3-c3ccccc3N2c2ccccc2-5)oc2ccccc24)cc1. The van der Waals surface area contributed by atoms with Crippen molar-refractivity contribution in [1.82, 2.24) is 4.57 Å². The third-order valence-corrected chi connectivity index (χ3v) is 10.2. The van der Waals surface area contributed by atoms with E-state index in [1.54, 1.807) is 0 Å². The zero-order valence-electron chi connectivity index (χ0n) is 24.8. The zero-order valence-corrected chi connectivity index (χ0v) is 24.8. The lowest BCUT2D eigenvalue weighted by Gasteiger charge is -2.43. The lowest BCUT2D eigenvalue weighted by molar-refractivity contribution is 0.669. The summed E-state index contributed by atoms with van der Waals surface area (Å²) in [4.78, 5) is 2.58. The Morgan fingerprint density at radius 1 is 0.457 bits per heavy atom. The zero-order chi connectivity index (χ0) is 29.9. The number of rotatable bonds is 1. The second kappa shape index (κ2) is 8.80. The van der Waals surface area contributed by atoms with Crippen LogP contribution in [0, 0.1) is 0 Å². The van der Waals surface area contributed by atoms with Crippen LogP contribution in [-0.2, 0) is 0 Å². The van der Waals surface area contributed by atoms with Crippen LogP contribution in [0.2, 0.25) is 0 Å². The molecule has 0 atom stereocenters. The molecule has 3 nitrogen and oxygen atoms in total. The minimum Gasteiger partial charge on any atom is -0.456 e. The van der Waals surface area contributed by atoms with E-state index in [4.69, 9.17) is 4.42 Å². The number of furan rings is 1. The third kappa shape index (κ3) is 3.03. The molecule has 2 aromatic heterocycles. The molecule has 0 unspecified atom stereocenters. The van der Waals surface area contributed by atoms with Crippen LogP contribution in [0.4, 0.5) is 11.4 Å². The molecule has 212 valence electrons. The van der Waals surface area contributed by atoms with Crippen molar-refractivity contribution in [3.63, 3.8) is 0 Å². The van der Waals surface area contributed by atoms with Gasteiger partial charge in [-0.2, -0.15) is 0 Å². The van der Waals surface area contributed by atoms with Crippen LogP contribution in [-0.4, -0.2) is 11.4 Å². The highest BCUT2D eigenvalue weighted by Crippen LogP contribution is 2.47. The molecular weight excluding hydrogens is 559 g/mol. The van der Waals surface area contributed by atoms with Gasteiger partial charge in [-0.25, -0.2) is 0 Å². The van der Waals surface area contributed by atoms with E-state index in [1.165, 1.54) is 66.4 Å². The molecule has 0 radical (unpaired) electrons. The van der Waals surface area contributed by atoms with Gasteiger partial charge in [0.05, 0.1) is 11.0 Å². The van der Waals surface area contributed by atoms with Crippen LogP contribution in [0.3, 0.4) is 0 Å². The first-order valence-corrected chi connectivity index (χ1v) is 15.9. The van der Waals surface area contributed by atoms with Crippen LogP contribution >= 0.6 is 0 Å². The maximum Gasteiger partial charge on any atom is 0.331 e. The molecule has 0 aliphatic carbocycles. The molecular formula is C42H25BN2O. The molecule has 0 amide bonds. The predicted molar refractivity (Wildman–Crippen MR) is 193 cm³/mol. The van der Waals surface area contributed by atoms with Crippen molar-refractivity contribution in [2.24, 2.45) is 0 Å². The summed E-state index contributed by atoms with van der Waals surface area (Å²) in [6.45, 7) is -0.00435. The van der Waals surface area contributed by atoms with Crippen LogP contribution < -0.4 is 15.7 Å². The molecule has 0 spiro atoms. The van der Waals surface area contributed by atoms with Gasteiger partial charge < -0.3 is 13.8 Å². The van der Waals surface area contributed by atoms with E-state index < -0.39 is 0 Å². The van der Waals surface area contributed by atoms with Crippen molar-refractivity contribution in [3.8, 4) is 27.9 Å². The Morgan fingerprint density at radius 3 is 1.96 bits per heavy atom. The maximum atomic E-state index is 6.44. The lowest BCUT2D eigenvalue weighted by atomic mass is 9.43. The van der Waals surface area contributed by atoms with Gasteiger partial charge in [-0.3, -0.25) is 0 Å². The summed E-state index contributed by atoms with van der Waals surface area (Å²) >= 11 is 0. The van der Waals surface area contributed by atoms with Gasteiger partial charge in [0, 0.05) is 49.7 Å². The summed E-state index contributed by atoms with van der Waals surface area (Å²) in [7, 11) is 0. The van der Waals surface area contributed by atoms with E-state index in [1.807, 2.05) is 6.07 Å². The van der Waals surface area contributed by atoms with Crippen molar-refractivity contribution in [2.45, 2.75) is 0 Å². The molecule has 2 aliphatic heterocycles. The monoisotopic (exact) mass is 584 g/mol. The fourth-order valence-corrected chi connectivity index (χ4v) is 8.34. The largest absolute Gasteiger partial charge is 0.456 e. The average molecular weight is 584 g/mol. The van der Waals surface area contributed by atoms with Crippen LogP contribution in [0.15, 0.2) is 156 Å². The summed E-state index contributed by atoms with van der Waals surface area (Å²) in [5, 5.41) is 4.71. The highest BCUT2D eigenvalue weighted by molar-refractivity contribution is 6.94. The molecule has 7 aromatic carbocycles. The molecule has 0 saturated heterocycles. The van der Waals surface area contributed by atoms with Crippen molar-refractivity contribution in [2.75, 3.05) is 4.81 Å². The fourth-order valence-electron chi connectivity index (χ4n) is 8.34. The first-order valence-electron chi connectivity index (χ1n) is 15.9. The van der Waals surface area contributed by atoms with E-state index in [0.717, 1.165) is 27.6 Å². The molecule has 0 N–H and O–H groups in total. The average Bonchev–Trinajstić information content (AvgIpc) is 3.65. The van der Waals surface area contributed by atoms with Crippen molar-refractivity contribution >= 4 is 72.9 Å². The molecule has 9 aromatic rings. The highest BCUT2D eigenvalue weighted by atomic mass is 16.3. The number of hydrogen-bond donors (Lipinski definition) is 0. The molecule has 0 saturated carbocycles. The predicted octanol–water partition coefficient (Wildman–Crippen LogP) is 9.59. The molecule has 0 fully saturated rings. The quantitative estimate of drug-likeness (QED) is 0.179. The normalized spacial score (nSPS) is 13.1. The summed E-state index contributed by atoms with van der Waals surface area (Å²) in [5.74, 6) is 0. The Hall–Kier alpha value is -6.00. The summed E-state index contributed by atoms with van der Waals surface area (Å²) < 4.78 is 8.94. The molecule has 2 aliphatic rings. The van der Waals surface area contributed by atoms with Crippen molar-refractivity contribution < 1.29 is 4.42 Å². The number of para-hydroxylation sites is 4. The van der Waals surface area contributed by atoms with E-state index in [2.05, 4.69) is 155 Å². The molecule has 11 rings (SSSR count). The third-order valence-electron chi connectivity index (χ3n) is 10.2. The molecule has 4 heterocycles. The second-order valence-electron chi connectivity index (χ2n) is 12.5. The van der Waals surface area contributed by atoms with Gasteiger partial charge in [0.25, 0.3) is 0 Å². The number of benzene rings is 7. The first kappa shape index (κ1) is 24.3. The number of hydrogen-bond acceptors (Lipinski definition) is 2. The standard InChI is InChI=1S/C42H25BN2O/c1-2-12-26(13-3-1)44-38-24-34-30-17-7-11-21-39(30)46-40(34)25-33(38)32-23-22-31-29-16-6-10-20-37(29)45-36-19-9-5-15-28(36)27-14-4-8-18-35(27)43(45)41(31)42(32)44/h1-25H.